The van der Waals surface area contributed by atoms with Crippen molar-refractivity contribution in [2.45, 2.75) is 45.1 Å². The summed E-state index contributed by atoms with van der Waals surface area (Å²) in [5.41, 5.74) is 0. The van der Waals surface area contributed by atoms with Crippen LogP contribution in [-0.4, -0.2) is 25.5 Å². The molecule has 0 atom stereocenters. The fourth-order valence-electron chi connectivity index (χ4n) is 1.62. The Kier molecular flexibility index (Phi) is 8.22. The third-order valence-electron chi connectivity index (χ3n) is 2.50. The van der Waals surface area contributed by atoms with Gasteiger partial charge in [-0.15, -0.1) is 0 Å². The molecule has 0 saturated carbocycles. The molecule has 1 aromatic heterocycles. The van der Waals surface area contributed by atoms with Crippen LogP contribution in [0.2, 0.25) is 0 Å². The lowest BCUT2D eigenvalue weighted by Crippen LogP contribution is -2.15. The largest absolute Gasteiger partial charge is 0.464 e. The molecule has 0 spiro atoms. The zero-order chi connectivity index (χ0) is 13.2. The van der Waals surface area contributed by atoms with Crippen molar-refractivity contribution >= 4 is 11.8 Å². The van der Waals surface area contributed by atoms with E-state index in [9.17, 15) is 0 Å². The van der Waals surface area contributed by atoms with E-state index in [2.05, 4.69) is 37.6 Å². The van der Waals surface area contributed by atoms with Crippen LogP contribution in [-0.2, 0) is 17.0 Å². The van der Waals surface area contributed by atoms with Crippen LogP contribution >= 0.6 is 11.8 Å². The Morgan fingerprint density at radius 3 is 2.78 bits per heavy atom. The molecule has 1 aromatic rings. The van der Waals surface area contributed by atoms with E-state index in [1.54, 1.807) is 11.8 Å². The lowest BCUT2D eigenvalue weighted by molar-refractivity contribution is 0.0760. The van der Waals surface area contributed by atoms with E-state index in [4.69, 9.17) is 9.15 Å². The molecule has 0 fully saturated rings. The van der Waals surface area contributed by atoms with E-state index < -0.39 is 0 Å². The lowest BCUT2D eigenvalue weighted by atomic mass is 10.3. The zero-order valence-corrected chi connectivity index (χ0v) is 12.5. The number of unbranched alkanes of at least 4 members (excludes halogenated alkanes) is 1. The molecular formula is C14H25NO2S. The van der Waals surface area contributed by atoms with Crippen molar-refractivity contribution in [3.05, 3.63) is 23.7 Å². The molecule has 0 bridgehead atoms. The van der Waals surface area contributed by atoms with Gasteiger partial charge in [0.1, 0.15) is 11.5 Å². The average molecular weight is 271 g/mol. The highest BCUT2D eigenvalue weighted by Gasteiger charge is 2.00. The predicted octanol–water partition coefficient (Wildman–Crippen LogP) is 3.44. The van der Waals surface area contributed by atoms with Gasteiger partial charge in [-0.1, -0.05) is 0 Å². The number of hydrogen-bond acceptors (Lipinski definition) is 4. The second-order valence-electron chi connectivity index (χ2n) is 4.60. The summed E-state index contributed by atoms with van der Waals surface area (Å²) in [5.74, 6) is 3.04. The molecule has 0 radical (unpaired) electrons. The van der Waals surface area contributed by atoms with Crippen molar-refractivity contribution in [2.24, 2.45) is 0 Å². The summed E-state index contributed by atoms with van der Waals surface area (Å²) in [5, 5.41) is 3.39. The van der Waals surface area contributed by atoms with Crippen molar-refractivity contribution in [1.29, 1.82) is 0 Å². The monoisotopic (exact) mass is 271 g/mol. The second-order valence-corrected chi connectivity index (χ2v) is 5.47. The summed E-state index contributed by atoms with van der Waals surface area (Å²) in [6.45, 7) is 6.83. The van der Waals surface area contributed by atoms with Crippen molar-refractivity contribution in [3.8, 4) is 0 Å². The third-order valence-corrected chi connectivity index (χ3v) is 3.08. The predicted molar refractivity (Wildman–Crippen MR) is 78.0 cm³/mol. The fourth-order valence-corrected chi connectivity index (χ4v) is 2.06. The van der Waals surface area contributed by atoms with Crippen LogP contribution in [0.15, 0.2) is 16.5 Å². The first-order valence-electron chi connectivity index (χ1n) is 6.61. The molecule has 104 valence electrons. The van der Waals surface area contributed by atoms with Gasteiger partial charge in [0.2, 0.25) is 0 Å². The van der Waals surface area contributed by atoms with Crippen molar-refractivity contribution < 1.29 is 9.15 Å². The standard InChI is InChI=1S/C14H25NO2S/c1-12(2)16-9-5-4-8-15-10-13-6-7-14(17-13)11-18-3/h6-7,12,15H,4-5,8-11H2,1-3H3. The van der Waals surface area contributed by atoms with Crippen LogP contribution < -0.4 is 5.32 Å². The van der Waals surface area contributed by atoms with E-state index in [-0.39, 0.29) is 0 Å². The Balaban J connectivity index is 2.00. The van der Waals surface area contributed by atoms with Gasteiger partial charge in [0.05, 0.1) is 18.4 Å². The average Bonchev–Trinajstić information content (AvgIpc) is 2.76. The number of hydrogen-bond donors (Lipinski definition) is 1. The van der Waals surface area contributed by atoms with E-state index in [1.807, 2.05) is 0 Å². The third kappa shape index (κ3) is 7.09. The molecule has 18 heavy (non-hydrogen) atoms. The van der Waals surface area contributed by atoms with Crippen LogP contribution in [0.4, 0.5) is 0 Å². The first-order valence-corrected chi connectivity index (χ1v) is 8.00. The van der Waals surface area contributed by atoms with Gasteiger partial charge < -0.3 is 14.5 Å². The number of thioether (sulfide) groups is 1. The molecular weight excluding hydrogens is 246 g/mol. The normalized spacial score (nSPS) is 11.3. The number of rotatable bonds is 10. The molecule has 0 aromatic carbocycles. The minimum absolute atomic E-state index is 0.343. The zero-order valence-electron chi connectivity index (χ0n) is 11.7. The molecule has 0 aliphatic carbocycles. The molecule has 1 heterocycles. The van der Waals surface area contributed by atoms with Gasteiger partial charge in [0.15, 0.2) is 0 Å². The van der Waals surface area contributed by atoms with Crippen LogP contribution in [0.5, 0.6) is 0 Å². The summed E-state index contributed by atoms with van der Waals surface area (Å²) in [7, 11) is 0. The van der Waals surface area contributed by atoms with Gasteiger partial charge in [0, 0.05) is 6.61 Å². The van der Waals surface area contributed by atoms with Gasteiger partial charge in [0.25, 0.3) is 0 Å². The highest BCUT2D eigenvalue weighted by atomic mass is 32.2. The van der Waals surface area contributed by atoms with Gasteiger partial charge in [-0.25, -0.2) is 0 Å². The van der Waals surface area contributed by atoms with Gasteiger partial charge in [-0.3, -0.25) is 0 Å². The Bertz CT molecular complexity index is 312. The minimum Gasteiger partial charge on any atom is -0.464 e. The van der Waals surface area contributed by atoms with Gasteiger partial charge in [-0.2, -0.15) is 11.8 Å². The molecule has 0 aliphatic rings. The maximum Gasteiger partial charge on any atom is 0.117 e. The summed E-state index contributed by atoms with van der Waals surface area (Å²) in [6.07, 6.45) is 4.68. The van der Waals surface area contributed by atoms with Crippen LogP contribution in [0.3, 0.4) is 0 Å². The molecule has 0 saturated heterocycles. The van der Waals surface area contributed by atoms with E-state index >= 15 is 0 Å². The SMILES string of the molecule is CSCc1ccc(CNCCCCOC(C)C)o1. The maximum absolute atomic E-state index is 5.68. The molecule has 0 amide bonds. The lowest BCUT2D eigenvalue weighted by Gasteiger charge is -2.07. The Hall–Kier alpha value is -0.450. The quantitative estimate of drug-likeness (QED) is 0.661. The van der Waals surface area contributed by atoms with Gasteiger partial charge >= 0.3 is 0 Å². The molecule has 3 nitrogen and oxygen atoms in total. The highest BCUT2D eigenvalue weighted by molar-refractivity contribution is 7.97. The molecule has 1 rings (SSSR count). The molecule has 1 N–H and O–H groups in total. The van der Waals surface area contributed by atoms with Crippen LogP contribution in [0, 0.1) is 0 Å². The number of furan rings is 1. The Morgan fingerprint density at radius 1 is 1.28 bits per heavy atom. The molecule has 0 aliphatic heterocycles. The number of ether oxygens (including phenoxy) is 1. The van der Waals surface area contributed by atoms with E-state index in [1.165, 1.54) is 0 Å². The maximum atomic E-state index is 5.68. The summed E-state index contributed by atoms with van der Waals surface area (Å²) >= 11 is 1.78. The molecule has 4 heteroatoms. The Morgan fingerprint density at radius 2 is 2.06 bits per heavy atom. The van der Waals surface area contributed by atoms with Crippen molar-refractivity contribution in [3.63, 3.8) is 0 Å². The van der Waals surface area contributed by atoms with Crippen molar-refractivity contribution in [2.75, 3.05) is 19.4 Å². The van der Waals surface area contributed by atoms with Gasteiger partial charge in [-0.05, 0) is 51.6 Å². The van der Waals surface area contributed by atoms with Crippen LogP contribution in [0.1, 0.15) is 38.2 Å². The smallest absolute Gasteiger partial charge is 0.117 e. The number of nitrogens with one attached hydrogen (secondary N) is 1. The van der Waals surface area contributed by atoms with E-state index in [0.29, 0.717) is 6.10 Å². The molecule has 0 unspecified atom stereocenters. The van der Waals surface area contributed by atoms with Crippen molar-refractivity contribution in [1.82, 2.24) is 5.32 Å². The minimum atomic E-state index is 0.343. The fraction of sp³-hybridized carbons (Fsp3) is 0.714. The van der Waals surface area contributed by atoms with E-state index in [0.717, 1.165) is 49.8 Å². The first-order chi connectivity index (χ1) is 8.72. The van der Waals surface area contributed by atoms with Crippen LogP contribution in [0.25, 0.3) is 0 Å². The summed E-state index contributed by atoms with van der Waals surface area (Å²) in [4.78, 5) is 0. The first kappa shape index (κ1) is 15.6. The Labute approximate surface area is 115 Å². The topological polar surface area (TPSA) is 34.4 Å². The summed E-state index contributed by atoms with van der Waals surface area (Å²) < 4.78 is 11.2. The second kappa shape index (κ2) is 9.48. The highest BCUT2D eigenvalue weighted by Crippen LogP contribution is 2.13. The summed E-state index contributed by atoms with van der Waals surface area (Å²) in [6, 6.07) is 4.12.